The largest absolute Gasteiger partial charge is 0.454 e. The third-order valence-electron chi connectivity index (χ3n) is 4.61. The number of fused-ring (bicyclic) bond motifs is 1. The molecule has 0 unspecified atom stereocenters. The normalized spacial score (nSPS) is 18.2. The van der Waals surface area contributed by atoms with Crippen LogP contribution in [0.3, 0.4) is 0 Å². The van der Waals surface area contributed by atoms with Crippen molar-refractivity contribution in [3.63, 3.8) is 0 Å². The summed E-state index contributed by atoms with van der Waals surface area (Å²) in [6.45, 7) is 4.51. The van der Waals surface area contributed by atoms with Gasteiger partial charge in [-0.1, -0.05) is 6.07 Å². The highest BCUT2D eigenvalue weighted by atomic mass is 79.9. The van der Waals surface area contributed by atoms with Crippen LogP contribution in [0.1, 0.15) is 29.3 Å². The molecular weight excluding hydrogens is 388 g/mol. The lowest BCUT2D eigenvalue weighted by Crippen LogP contribution is -2.33. The van der Waals surface area contributed by atoms with E-state index in [9.17, 15) is 0 Å². The van der Waals surface area contributed by atoms with Crippen LogP contribution in [0.5, 0.6) is 11.5 Å². The van der Waals surface area contributed by atoms with Gasteiger partial charge in [-0.2, -0.15) is 0 Å². The van der Waals surface area contributed by atoms with Crippen LogP contribution >= 0.6 is 27.3 Å². The summed E-state index contributed by atoms with van der Waals surface area (Å²) in [5.74, 6) is 1.64. The van der Waals surface area contributed by atoms with E-state index >= 15 is 0 Å². The Balaban J connectivity index is 1.41. The minimum absolute atomic E-state index is 0.306. The summed E-state index contributed by atoms with van der Waals surface area (Å²) >= 11 is 5.42. The first-order valence-corrected chi connectivity index (χ1v) is 10.0. The van der Waals surface area contributed by atoms with Crippen LogP contribution in [0.2, 0.25) is 0 Å². The molecule has 0 bridgehead atoms. The molecule has 24 heavy (non-hydrogen) atoms. The van der Waals surface area contributed by atoms with Gasteiger partial charge < -0.3 is 14.8 Å². The fraction of sp³-hybridized carbons (Fsp3) is 0.444. The first-order chi connectivity index (χ1) is 11.8. The van der Waals surface area contributed by atoms with E-state index in [1.165, 1.54) is 36.4 Å². The minimum atomic E-state index is 0.306. The van der Waals surface area contributed by atoms with Gasteiger partial charge in [-0.25, -0.2) is 0 Å². The minimum Gasteiger partial charge on any atom is -0.454 e. The van der Waals surface area contributed by atoms with Crippen LogP contribution in [0, 0.1) is 0 Å². The van der Waals surface area contributed by atoms with Crippen molar-refractivity contribution < 1.29 is 9.47 Å². The van der Waals surface area contributed by atoms with Gasteiger partial charge in [0.25, 0.3) is 0 Å². The van der Waals surface area contributed by atoms with Crippen LogP contribution < -0.4 is 14.8 Å². The van der Waals surface area contributed by atoms with Gasteiger partial charge in [-0.05, 0) is 71.0 Å². The Morgan fingerprint density at radius 1 is 1.25 bits per heavy atom. The molecule has 1 N–H and O–H groups in total. The molecule has 2 aromatic rings. The van der Waals surface area contributed by atoms with Gasteiger partial charge in [-0.3, -0.25) is 4.90 Å². The van der Waals surface area contributed by atoms with Crippen LogP contribution in [-0.4, -0.2) is 31.3 Å². The number of ether oxygens (including phenoxy) is 2. The molecule has 4 rings (SSSR count). The molecule has 3 heterocycles. The van der Waals surface area contributed by atoms with Gasteiger partial charge in [0.1, 0.15) is 0 Å². The lowest BCUT2D eigenvalue weighted by atomic mass is 10.1. The molecular formula is C18H21BrN2O2S. The highest BCUT2D eigenvalue weighted by Crippen LogP contribution is 2.40. The molecule has 1 aromatic heterocycles. The van der Waals surface area contributed by atoms with E-state index < -0.39 is 0 Å². The van der Waals surface area contributed by atoms with Crippen LogP contribution in [0.15, 0.2) is 34.1 Å². The summed E-state index contributed by atoms with van der Waals surface area (Å²) in [7, 11) is 0. The van der Waals surface area contributed by atoms with E-state index in [-0.39, 0.29) is 0 Å². The molecule has 1 aromatic carbocycles. The molecule has 128 valence electrons. The van der Waals surface area contributed by atoms with Crippen LogP contribution in [-0.2, 0) is 6.54 Å². The zero-order chi connectivity index (χ0) is 16.4. The lowest BCUT2D eigenvalue weighted by molar-refractivity contribution is 0.173. The molecule has 6 heteroatoms. The smallest absolute Gasteiger partial charge is 0.231 e. The molecule has 2 aliphatic heterocycles. The molecule has 2 aliphatic rings. The average Bonchev–Trinajstić information content (AvgIpc) is 3.32. The first kappa shape index (κ1) is 16.4. The van der Waals surface area contributed by atoms with E-state index in [0.29, 0.717) is 12.8 Å². The summed E-state index contributed by atoms with van der Waals surface area (Å²) < 4.78 is 11.9. The van der Waals surface area contributed by atoms with Gasteiger partial charge in [0.15, 0.2) is 11.5 Å². The number of halogens is 1. The lowest BCUT2D eigenvalue weighted by Gasteiger charge is -2.27. The topological polar surface area (TPSA) is 33.7 Å². The number of thiophene rings is 1. The fourth-order valence-corrected chi connectivity index (χ4v) is 4.88. The molecule has 0 amide bonds. The third-order valence-corrected chi connectivity index (χ3v) is 6.17. The Morgan fingerprint density at radius 2 is 2.12 bits per heavy atom. The zero-order valence-corrected chi connectivity index (χ0v) is 15.9. The maximum Gasteiger partial charge on any atom is 0.231 e. The summed E-state index contributed by atoms with van der Waals surface area (Å²) in [4.78, 5) is 4.06. The Hall–Kier alpha value is -1.08. The molecule has 1 saturated heterocycles. The molecule has 0 aliphatic carbocycles. The van der Waals surface area contributed by atoms with Crippen molar-refractivity contribution in [2.75, 3.05) is 26.4 Å². The van der Waals surface area contributed by atoms with E-state index in [1.807, 2.05) is 11.3 Å². The summed E-state index contributed by atoms with van der Waals surface area (Å²) in [6.07, 6.45) is 2.63. The van der Waals surface area contributed by atoms with Crippen molar-refractivity contribution in [1.29, 1.82) is 0 Å². The Kier molecular flexibility index (Phi) is 5.08. The van der Waals surface area contributed by atoms with Crippen molar-refractivity contribution in [2.24, 2.45) is 0 Å². The van der Waals surface area contributed by atoms with Gasteiger partial charge >= 0.3 is 0 Å². The average molecular weight is 409 g/mol. The summed E-state index contributed by atoms with van der Waals surface area (Å²) in [6, 6.07) is 9.06. The maximum absolute atomic E-state index is 5.50. The van der Waals surface area contributed by atoms with E-state index in [1.54, 1.807) is 0 Å². The van der Waals surface area contributed by atoms with E-state index in [0.717, 1.165) is 29.1 Å². The van der Waals surface area contributed by atoms with Crippen LogP contribution in [0.25, 0.3) is 0 Å². The fourth-order valence-electron chi connectivity index (χ4n) is 3.42. The second kappa shape index (κ2) is 7.44. The highest BCUT2D eigenvalue weighted by molar-refractivity contribution is 9.10. The monoisotopic (exact) mass is 408 g/mol. The number of benzene rings is 1. The molecule has 0 spiro atoms. The second-order valence-corrected chi connectivity index (χ2v) is 8.05. The van der Waals surface area contributed by atoms with Crippen LogP contribution in [0.4, 0.5) is 0 Å². The van der Waals surface area contributed by atoms with Gasteiger partial charge in [0, 0.05) is 18.0 Å². The molecule has 0 radical (unpaired) electrons. The van der Waals surface area contributed by atoms with Gasteiger partial charge in [0.2, 0.25) is 6.79 Å². The van der Waals surface area contributed by atoms with Gasteiger partial charge in [0.05, 0.1) is 10.5 Å². The molecule has 1 fully saturated rings. The number of rotatable bonds is 6. The highest BCUT2D eigenvalue weighted by Gasteiger charge is 2.24. The van der Waals surface area contributed by atoms with E-state index in [4.69, 9.17) is 9.47 Å². The second-order valence-electron chi connectivity index (χ2n) is 6.22. The standard InChI is InChI=1S/C18H21BrN2O2S/c19-14-8-13(9-16-18(14)23-12-22-16)10-20-11-15(17-4-3-7-24-17)21-5-1-2-6-21/h3-4,7-9,15,20H,1-2,5-6,10-12H2/t15-/m1/s1. The van der Waals surface area contributed by atoms with Gasteiger partial charge in [-0.15, -0.1) is 11.3 Å². The van der Waals surface area contributed by atoms with Crippen molar-refractivity contribution in [3.8, 4) is 11.5 Å². The number of hydrogen-bond donors (Lipinski definition) is 1. The summed E-state index contributed by atoms with van der Waals surface area (Å²) in [5, 5.41) is 5.81. The maximum atomic E-state index is 5.50. The van der Waals surface area contributed by atoms with Crippen molar-refractivity contribution in [3.05, 3.63) is 44.6 Å². The zero-order valence-electron chi connectivity index (χ0n) is 13.5. The predicted molar refractivity (Wildman–Crippen MR) is 99.8 cm³/mol. The Morgan fingerprint density at radius 3 is 2.92 bits per heavy atom. The SMILES string of the molecule is Brc1cc(CNC[C@H](c2cccs2)N2CCCC2)cc2c1OCO2. The number of hydrogen-bond acceptors (Lipinski definition) is 5. The number of nitrogens with one attached hydrogen (secondary N) is 1. The quantitative estimate of drug-likeness (QED) is 0.777. The number of likely N-dealkylation sites (tertiary alicyclic amines) is 1. The number of nitrogens with zero attached hydrogens (tertiary/aromatic N) is 1. The molecule has 0 saturated carbocycles. The van der Waals surface area contributed by atoms with Crippen molar-refractivity contribution in [2.45, 2.75) is 25.4 Å². The Bertz CT molecular complexity index is 687. The van der Waals surface area contributed by atoms with Crippen molar-refractivity contribution >= 4 is 27.3 Å². The summed E-state index contributed by atoms with van der Waals surface area (Å²) in [5.41, 5.74) is 1.21. The third kappa shape index (κ3) is 3.47. The first-order valence-electron chi connectivity index (χ1n) is 8.37. The van der Waals surface area contributed by atoms with Crippen molar-refractivity contribution in [1.82, 2.24) is 10.2 Å². The molecule has 1 atom stereocenters. The Labute approximate surface area is 154 Å². The predicted octanol–water partition coefficient (Wildman–Crippen LogP) is 4.17. The van der Waals surface area contributed by atoms with E-state index in [2.05, 4.69) is 55.8 Å². The molecule has 4 nitrogen and oxygen atoms in total.